The maximum atomic E-state index is 11.6. The van der Waals surface area contributed by atoms with Crippen molar-refractivity contribution in [2.75, 3.05) is 0 Å². The van der Waals surface area contributed by atoms with Gasteiger partial charge in [0.1, 0.15) is 0 Å². The third-order valence-electron chi connectivity index (χ3n) is 8.85. The minimum absolute atomic E-state index is 0. The largest absolute Gasteiger partial charge is 4.00 e. The van der Waals surface area contributed by atoms with E-state index in [1.807, 2.05) is 52.8 Å². The Morgan fingerprint density at radius 1 is 0.800 bits per heavy atom. The minimum Gasteiger partial charge on any atom is -0.678 e. The zero-order valence-electron chi connectivity index (χ0n) is 26.2. The molecule has 0 saturated carbocycles. The van der Waals surface area contributed by atoms with Crippen molar-refractivity contribution in [3.8, 4) is 0 Å². The van der Waals surface area contributed by atoms with E-state index in [2.05, 4.69) is 6.92 Å². The van der Waals surface area contributed by atoms with Gasteiger partial charge in [-0.3, -0.25) is 9.59 Å². The van der Waals surface area contributed by atoms with E-state index in [4.69, 9.17) is 45.5 Å². The van der Waals surface area contributed by atoms with Crippen LogP contribution in [0, 0.1) is 20.8 Å². The number of allylic oxidation sites excluding steroid dienone is 1. The Morgan fingerprint density at radius 3 is 2.02 bits per heavy atom. The number of hydrogen-bond donors (Lipinski definition) is 4. The van der Waals surface area contributed by atoms with Gasteiger partial charge in [-0.15, -0.1) is 33.5 Å². The van der Waals surface area contributed by atoms with E-state index in [1.54, 1.807) is 0 Å². The summed E-state index contributed by atoms with van der Waals surface area (Å²) in [6.07, 6.45) is 7.02. The Kier molecular flexibility index (Phi) is 10.7. The van der Waals surface area contributed by atoms with E-state index in [-0.39, 0.29) is 46.5 Å². The van der Waals surface area contributed by atoms with Crippen LogP contribution >= 0.6 is 25.3 Å². The van der Waals surface area contributed by atoms with Gasteiger partial charge in [0.05, 0.1) is 0 Å². The van der Waals surface area contributed by atoms with Gasteiger partial charge >= 0.3 is 29.0 Å². The Bertz CT molecular complexity index is 1840. The number of carboxylic acid groups (broad SMARTS) is 2. The van der Waals surface area contributed by atoms with Crippen LogP contribution in [0.4, 0.5) is 0 Å². The van der Waals surface area contributed by atoms with Crippen LogP contribution in [0.25, 0.3) is 23.5 Å². The molecule has 5 heterocycles. The van der Waals surface area contributed by atoms with Crippen molar-refractivity contribution >= 4 is 55.4 Å². The quantitative estimate of drug-likeness (QED) is 0.195. The summed E-state index contributed by atoms with van der Waals surface area (Å²) in [6, 6.07) is -0.227. The smallest absolute Gasteiger partial charge is 0.678 e. The van der Waals surface area contributed by atoms with Gasteiger partial charge in [0.25, 0.3) is 0 Å². The number of nitrogens with zero attached hydrogens (tertiary/aromatic N) is 4. The molecule has 2 aliphatic rings. The number of thiol groups is 2. The third kappa shape index (κ3) is 6.92. The van der Waals surface area contributed by atoms with Crippen molar-refractivity contribution < 1.29 is 36.9 Å². The van der Waals surface area contributed by atoms with Crippen molar-refractivity contribution in [3.05, 3.63) is 89.0 Å². The Labute approximate surface area is 285 Å². The maximum Gasteiger partial charge on any atom is 4.00 e. The molecular formula is C34H38FeN4O4S2. The second kappa shape index (κ2) is 13.8. The minimum atomic E-state index is -0.885. The molecule has 0 radical (unpaired) electrons. The van der Waals surface area contributed by atoms with E-state index < -0.39 is 11.9 Å². The molecule has 0 fully saturated rings. The molecule has 3 aromatic heterocycles. The molecule has 3 atom stereocenters. The van der Waals surface area contributed by atoms with Crippen molar-refractivity contribution in [2.45, 2.75) is 90.2 Å². The standard InChI is InChI=1S/C34H38N4O4S2.Fe/c1-15-21(7-9-31(39)40)27-14-28-22(8-10-32(41)42)16(2)24(36-28)12-29-34(20(6)44)18(4)26(38-29)13-30-33(19(5)43)17(3)25(37-30)11-23(15)35-27;/h11,13-14,19-20,24,43-44H,7-10,12H2,1-6H3,(H,39,40)(H,41,42);/q-4;+4/b25-11-,28-14-,30-13-;. The first-order valence-electron chi connectivity index (χ1n) is 14.9. The molecule has 11 heteroatoms. The predicted octanol–water partition coefficient (Wildman–Crippen LogP) is 4.97. The number of carboxylic acids is 2. The van der Waals surface area contributed by atoms with Crippen LogP contribution in [0.3, 0.4) is 0 Å². The monoisotopic (exact) mass is 686 g/mol. The normalized spacial score (nSPS) is 19.7. The van der Waals surface area contributed by atoms with Crippen molar-refractivity contribution in [1.29, 1.82) is 0 Å². The van der Waals surface area contributed by atoms with E-state index in [1.165, 1.54) is 0 Å². The van der Waals surface area contributed by atoms with Gasteiger partial charge in [-0.25, -0.2) is 0 Å². The number of fused-ring (bicyclic) bond motifs is 8. The summed E-state index contributed by atoms with van der Waals surface area (Å²) in [7, 11) is 0. The number of hydrogen-bond acceptors (Lipinski definition) is 4. The van der Waals surface area contributed by atoms with Gasteiger partial charge in [-0.05, 0) is 59.9 Å². The van der Waals surface area contributed by atoms with Gasteiger partial charge in [0.2, 0.25) is 0 Å². The fourth-order valence-corrected chi connectivity index (χ4v) is 7.18. The summed E-state index contributed by atoms with van der Waals surface area (Å²) < 4.78 is 0. The summed E-state index contributed by atoms with van der Waals surface area (Å²) in [5, 5.41) is 25.6. The van der Waals surface area contributed by atoms with Crippen LogP contribution in [-0.4, -0.2) is 28.2 Å². The van der Waals surface area contributed by atoms with Crippen LogP contribution in [0.2, 0.25) is 0 Å². The predicted molar refractivity (Wildman–Crippen MR) is 179 cm³/mol. The molecule has 2 aliphatic heterocycles. The number of aromatic nitrogens is 3. The molecule has 5 rings (SSSR count). The van der Waals surface area contributed by atoms with Crippen LogP contribution in [-0.2, 0) is 39.5 Å². The number of rotatable bonds is 8. The summed E-state index contributed by atoms with van der Waals surface area (Å²) in [4.78, 5) is 38.3. The molecule has 3 unspecified atom stereocenters. The fourth-order valence-electron chi connectivity index (χ4n) is 6.51. The van der Waals surface area contributed by atoms with Crippen LogP contribution in [0.1, 0.15) is 107 Å². The Hall–Kier alpha value is -2.98. The summed E-state index contributed by atoms with van der Waals surface area (Å²) >= 11 is 9.62. The Balaban J connectivity index is 0.00000461. The summed E-state index contributed by atoms with van der Waals surface area (Å²) in [5.74, 6) is -1.76. The average molecular weight is 687 g/mol. The van der Waals surface area contributed by atoms with Crippen molar-refractivity contribution in [3.63, 3.8) is 0 Å². The first kappa shape index (κ1) is 34.9. The van der Waals surface area contributed by atoms with Crippen LogP contribution in [0.5, 0.6) is 0 Å². The van der Waals surface area contributed by atoms with E-state index in [9.17, 15) is 19.8 Å². The number of carbonyl (C=O) groups is 2. The van der Waals surface area contributed by atoms with E-state index in [0.717, 1.165) is 66.6 Å². The molecule has 238 valence electrons. The maximum absolute atomic E-state index is 11.6. The molecule has 2 N–H and O–H groups in total. The molecule has 45 heavy (non-hydrogen) atoms. The molecule has 3 aromatic rings. The van der Waals surface area contributed by atoms with Gasteiger partial charge in [-0.1, -0.05) is 69.7 Å². The fraction of sp³-hybridized carbons (Fsp3) is 0.412. The summed E-state index contributed by atoms with van der Waals surface area (Å²) in [5.41, 5.74) is 11.6. The van der Waals surface area contributed by atoms with Crippen molar-refractivity contribution in [2.24, 2.45) is 0 Å². The van der Waals surface area contributed by atoms with Gasteiger partial charge in [-0.2, -0.15) is 31.0 Å². The van der Waals surface area contributed by atoms with Crippen LogP contribution < -0.4 is 25.7 Å². The first-order chi connectivity index (χ1) is 20.8. The molecule has 0 amide bonds. The molecule has 0 spiro atoms. The average Bonchev–Trinajstić information content (AvgIpc) is 3.59. The number of aliphatic carboxylic acids is 2. The molecule has 0 aromatic carbocycles. The van der Waals surface area contributed by atoms with Gasteiger partial charge < -0.3 is 30.5 Å². The molecular weight excluding hydrogens is 648 g/mol. The van der Waals surface area contributed by atoms with E-state index >= 15 is 0 Å². The Morgan fingerprint density at radius 2 is 1.40 bits per heavy atom. The SMILES string of the molecule is CC1=C(CCC(=O)O)/C2=C/c3[n-]c(c(C)c3CCC(=O)O)/C=c3\[n-]/c(c(C(C)S)c3C)=C\c3[n-]c(c(C(C)S)c3C)CC1[N-]2.[Fe+4]. The van der Waals surface area contributed by atoms with Gasteiger partial charge in [0, 0.05) is 23.3 Å². The second-order valence-electron chi connectivity index (χ2n) is 11.9. The topological polar surface area (TPSA) is 131 Å². The zero-order valence-corrected chi connectivity index (χ0v) is 29.1. The molecule has 0 aliphatic carbocycles. The summed E-state index contributed by atoms with van der Waals surface area (Å²) in [6.45, 7) is 12.2. The third-order valence-corrected chi connectivity index (χ3v) is 9.36. The van der Waals surface area contributed by atoms with Crippen molar-refractivity contribution in [1.82, 2.24) is 15.0 Å². The zero-order chi connectivity index (χ0) is 32.0. The molecule has 0 saturated heterocycles. The molecule has 8 bridgehead atoms. The van der Waals surface area contributed by atoms with Crippen LogP contribution in [0.15, 0.2) is 16.8 Å². The van der Waals surface area contributed by atoms with E-state index in [0.29, 0.717) is 36.3 Å². The van der Waals surface area contributed by atoms with Gasteiger partial charge in [0.15, 0.2) is 0 Å². The first-order valence-corrected chi connectivity index (χ1v) is 15.9. The molecule has 8 nitrogen and oxygen atoms in total. The second-order valence-corrected chi connectivity index (χ2v) is 13.4.